The summed E-state index contributed by atoms with van der Waals surface area (Å²) in [6.45, 7) is 0.558. The number of ketones is 1. The van der Waals surface area contributed by atoms with Gasteiger partial charge in [0.05, 0.1) is 12.7 Å². The van der Waals surface area contributed by atoms with Gasteiger partial charge in [-0.25, -0.2) is 0 Å². The number of nitrogens with zero attached hydrogens (tertiary/aromatic N) is 1. The standard InChI is InChI=1S/C20H17N3O7/c1-29-9-8-21-20(26)15-11-22-16-5-2-12(10-14(16)19(15)25)17(24)6-3-13-4-7-18(30-13)23(27)28/h2-7,10-11H,8-9H2,1H3,(H,21,26)(H,22,25)/b6-3+. The van der Waals surface area contributed by atoms with Crippen LogP contribution in [0.1, 0.15) is 26.5 Å². The molecule has 0 atom stereocenters. The van der Waals surface area contributed by atoms with E-state index in [1.807, 2.05) is 0 Å². The van der Waals surface area contributed by atoms with Crippen LogP contribution in [0.2, 0.25) is 0 Å². The maximum Gasteiger partial charge on any atom is 0.433 e. The van der Waals surface area contributed by atoms with Gasteiger partial charge < -0.3 is 19.5 Å². The molecule has 0 fully saturated rings. The molecule has 0 aliphatic carbocycles. The summed E-state index contributed by atoms with van der Waals surface area (Å²) in [7, 11) is 1.50. The number of carbonyl (C=O) groups is 2. The third-order valence-electron chi connectivity index (χ3n) is 4.19. The Balaban J connectivity index is 1.85. The van der Waals surface area contributed by atoms with Crippen molar-refractivity contribution in [3.05, 3.63) is 79.8 Å². The normalized spacial score (nSPS) is 11.1. The van der Waals surface area contributed by atoms with Crippen LogP contribution in [0.5, 0.6) is 0 Å². The van der Waals surface area contributed by atoms with E-state index in [4.69, 9.17) is 9.15 Å². The molecule has 30 heavy (non-hydrogen) atoms. The highest BCUT2D eigenvalue weighted by Gasteiger charge is 2.14. The minimum absolute atomic E-state index is 0.0818. The van der Waals surface area contributed by atoms with Gasteiger partial charge in [-0.15, -0.1) is 0 Å². The molecule has 0 aliphatic heterocycles. The number of allylic oxidation sites excluding steroid dienone is 1. The summed E-state index contributed by atoms with van der Waals surface area (Å²) in [5.41, 5.74) is 0.0819. The number of benzene rings is 1. The number of carbonyl (C=O) groups excluding carboxylic acids is 2. The number of fused-ring (bicyclic) bond motifs is 1. The van der Waals surface area contributed by atoms with Crippen molar-refractivity contribution >= 4 is 34.6 Å². The van der Waals surface area contributed by atoms with E-state index >= 15 is 0 Å². The molecule has 3 rings (SSSR count). The number of nitro groups is 1. The number of hydrogen-bond acceptors (Lipinski definition) is 7. The molecule has 1 amide bonds. The summed E-state index contributed by atoms with van der Waals surface area (Å²) in [5.74, 6) is -1.28. The van der Waals surface area contributed by atoms with Crippen LogP contribution in [0, 0.1) is 10.1 Å². The molecule has 0 aliphatic rings. The summed E-state index contributed by atoms with van der Waals surface area (Å²) in [5, 5.41) is 13.4. The van der Waals surface area contributed by atoms with Crippen molar-refractivity contribution < 1.29 is 23.7 Å². The molecule has 10 heteroatoms. The Labute approximate surface area is 169 Å². The molecule has 0 saturated heterocycles. The number of aromatic nitrogens is 1. The van der Waals surface area contributed by atoms with E-state index in [9.17, 15) is 24.5 Å². The molecule has 154 valence electrons. The monoisotopic (exact) mass is 411 g/mol. The molecular weight excluding hydrogens is 394 g/mol. The number of nitrogens with one attached hydrogen (secondary N) is 2. The molecule has 0 saturated carbocycles. The van der Waals surface area contributed by atoms with Gasteiger partial charge in [0.1, 0.15) is 16.2 Å². The molecule has 10 nitrogen and oxygen atoms in total. The maximum atomic E-state index is 12.7. The largest absolute Gasteiger partial charge is 0.433 e. The molecule has 0 radical (unpaired) electrons. The van der Waals surface area contributed by atoms with Crippen molar-refractivity contribution in [2.75, 3.05) is 20.3 Å². The fourth-order valence-electron chi connectivity index (χ4n) is 2.69. The van der Waals surface area contributed by atoms with Crippen LogP contribution >= 0.6 is 0 Å². The van der Waals surface area contributed by atoms with Crippen LogP contribution in [-0.4, -0.2) is 41.9 Å². The Bertz CT molecular complexity index is 1210. The summed E-state index contributed by atoms with van der Waals surface area (Å²) >= 11 is 0. The third-order valence-corrected chi connectivity index (χ3v) is 4.19. The number of ether oxygens (including phenoxy) is 1. The summed E-state index contributed by atoms with van der Waals surface area (Å²) in [4.78, 5) is 50.1. The summed E-state index contributed by atoms with van der Waals surface area (Å²) < 4.78 is 9.81. The zero-order chi connectivity index (χ0) is 21.7. The molecule has 0 spiro atoms. The molecule has 2 aromatic heterocycles. The second kappa shape index (κ2) is 8.97. The number of furan rings is 1. The molecule has 1 aromatic carbocycles. The number of amides is 1. The Morgan fingerprint density at radius 2 is 2.10 bits per heavy atom. The molecule has 0 unspecified atom stereocenters. The predicted octanol–water partition coefficient (Wildman–Crippen LogP) is 2.30. The lowest BCUT2D eigenvalue weighted by Crippen LogP contribution is -2.31. The minimum atomic E-state index is -0.683. The Kier molecular flexibility index (Phi) is 6.18. The van der Waals surface area contributed by atoms with Crippen molar-refractivity contribution in [3.63, 3.8) is 0 Å². The highest BCUT2D eigenvalue weighted by atomic mass is 16.6. The molecule has 2 N–H and O–H groups in total. The van der Waals surface area contributed by atoms with E-state index < -0.39 is 27.9 Å². The van der Waals surface area contributed by atoms with Gasteiger partial charge in [-0.3, -0.25) is 24.5 Å². The van der Waals surface area contributed by atoms with E-state index in [0.29, 0.717) is 12.1 Å². The average molecular weight is 411 g/mol. The van der Waals surface area contributed by atoms with Crippen LogP contribution in [0.4, 0.5) is 5.88 Å². The fraction of sp³-hybridized carbons (Fsp3) is 0.150. The zero-order valence-corrected chi connectivity index (χ0v) is 15.8. The molecular formula is C20H17N3O7. The van der Waals surface area contributed by atoms with Crippen molar-refractivity contribution in [1.29, 1.82) is 0 Å². The smallest absolute Gasteiger partial charge is 0.401 e. The lowest BCUT2D eigenvalue weighted by molar-refractivity contribution is -0.402. The number of pyridine rings is 1. The predicted molar refractivity (Wildman–Crippen MR) is 108 cm³/mol. The molecule has 3 aromatic rings. The van der Waals surface area contributed by atoms with E-state index in [2.05, 4.69) is 10.3 Å². The van der Waals surface area contributed by atoms with Gasteiger partial charge in [-0.05, 0) is 36.4 Å². The fourth-order valence-corrected chi connectivity index (χ4v) is 2.69. The highest BCUT2D eigenvalue weighted by molar-refractivity contribution is 6.08. The number of hydrogen-bond donors (Lipinski definition) is 2. The van der Waals surface area contributed by atoms with E-state index in [1.165, 1.54) is 49.7 Å². The average Bonchev–Trinajstić information content (AvgIpc) is 3.21. The van der Waals surface area contributed by atoms with Gasteiger partial charge in [-0.1, -0.05) is 0 Å². The van der Waals surface area contributed by atoms with Crippen LogP contribution in [0.3, 0.4) is 0 Å². The first kappa shape index (κ1) is 20.7. The second-order valence-electron chi connectivity index (χ2n) is 6.17. The van der Waals surface area contributed by atoms with E-state index in [1.54, 1.807) is 6.07 Å². The van der Waals surface area contributed by atoms with Crippen LogP contribution in [0.15, 0.2) is 51.8 Å². The van der Waals surface area contributed by atoms with E-state index in [-0.39, 0.29) is 28.8 Å². The lowest BCUT2D eigenvalue weighted by atomic mass is 10.0. The number of aromatic amines is 1. The van der Waals surface area contributed by atoms with Gasteiger partial charge in [0.2, 0.25) is 5.43 Å². The summed E-state index contributed by atoms with van der Waals surface area (Å²) in [6.07, 6.45) is 3.79. The van der Waals surface area contributed by atoms with Crippen molar-refractivity contribution in [2.45, 2.75) is 0 Å². The number of H-pyrrole nitrogens is 1. The first-order valence-corrected chi connectivity index (χ1v) is 8.80. The van der Waals surface area contributed by atoms with Gasteiger partial charge >= 0.3 is 5.88 Å². The van der Waals surface area contributed by atoms with Gasteiger partial charge in [-0.2, -0.15) is 0 Å². The Hall–Kier alpha value is -4.05. The lowest BCUT2D eigenvalue weighted by Gasteiger charge is -2.06. The van der Waals surface area contributed by atoms with Gasteiger partial charge in [0, 0.05) is 36.3 Å². The quantitative estimate of drug-likeness (QED) is 0.190. The van der Waals surface area contributed by atoms with Crippen LogP contribution < -0.4 is 10.7 Å². The third kappa shape index (κ3) is 4.50. The first-order valence-electron chi connectivity index (χ1n) is 8.80. The van der Waals surface area contributed by atoms with Gasteiger partial charge in [0.25, 0.3) is 5.91 Å². The molecule has 2 heterocycles. The Morgan fingerprint density at radius 1 is 1.30 bits per heavy atom. The van der Waals surface area contributed by atoms with Crippen LogP contribution in [-0.2, 0) is 4.74 Å². The number of rotatable bonds is 8. The topological polar surface area (TPSA) is 145 Å². The Morgan fingerprint density at radius 3 is 2.80 bits per heavy atom. The van der Waals surface area contributed by atoms with Crippen molar-refractivity contribution in [3.8, 4) is 0 Å². The van der Waals surface area contributed by atoms with Gasteiger partial charge in [0.15, 0.2) is 5.78 Å². The van der Waals surface area contributed by atoms with E-state index in [0.717, 1.165) is 0 Å². The second-order valence-corrected chi connectivity index (χ2v) is 6.17. The van der Waals surface area contributed by atoms with Crippen LogP contribution in [0.25, 0.3) is 17.0 Å². The zero-order valence-electron chi connectivity index (χ0n) is 15.8. The molecule has 0 bridgehead atoms. The van der Waals surface area contributed by atoms with Crippen molar-refractivity contribution in [2.24, 2.45) is 0 Å². The summed E-state index contributed by atoms with van der Waals surface area (Å²) in [6, 6.07) is 7.01. The van der Waals surface area contributed by atoms with Crippen molar-refractivity contribution in [1.82, 2.24) is 10.3 Å². The SMILES string of the molecule is COCCNC(=O)c1c[nH]c2ccc(C(=O)/C=C/c3ccc([N+](=O)[O-])o3)cc2c1=O. The minimum Gasteiger partial charge on any atom is -0.401 e. The number of methoxy groups -OCH3 is 1. The maximum absolute atomic E-state index is 12.7. The highest BCUT2D eigenvalue weighted by Crippen LogP contribution is 2.17. The first-order chi connectivity index (χ1) is 14.4.